The van der Waals surface area contributed by atoms with Crippen molar-refractivity contribution in [1.82, 2.24) is 10.6 Å². The largest absolute Gasteiger partial charge is 0.486 e. The van der Waals surface area contributed by atoms with Crippen molar-refractivity contribution < 1.29 is 14.3 Å². The van der Waals surface area contributed by atoms with Crippen LogP contribution in [-0.4, -0.2) is 32.2 Å². The van der Waals surface area contributed by atoms with E-state index >= 15 is 0 Å². The van der Waals surface area contributed by atoms with E-state index in [9.17, 15) is 4.79 Å². The van der Waals surface area contributed by atoms with Gasteiger partial charge in [-0.15, -0.1) is 0 Å². The monoisotopic (exact) mass is 262 g/mol. The molecule has 0 unspecified atom stereocenters. The summed E-state index contributed by atoms with van der Waals surface area (Å²) < 4.78 is 11.1. The molecular weight excluding hydrogens is 244 g/mol. The van der Waals surface area contributed by atoms with Crippen molar-refractivity contribution in [2.24, 2.45) is 5.92 Å². The fourth-order valence-corrected chi connectivity index (χ4v) is 2.22. The van der Waals surface area contributed by atoms with Crippen molar-refractivity contribution in [1.29, 1.82) is 0 Å². The number of hydrogen-bond acceptors (Lipinski definition) is 4. The van der Waals surface area contributed by atoms with E-state index in [0.29, 0.717) is 19.8 Å². The van der Waals surface area contributed by atoms with E-state index in [1.807, 2.05) is 19.1 Å². The predicted molar refractivity (Wildman–Crippen MR) is 70.4 cm³/mol. The van der Waals surface area contributed by atoms with Crippen LogP contribution >= 0.6 is 0 Å². The Morgan fingerprint density at radius 1 is 1.32 bits per heavy atom. The summed E-state index contributed by atoms with van der Waals surface area (Å²) in [5, 5.41) is 6.07. The molecule has 1 fully saturated rings. The lowest BCUT2D eigenvalue weighted by Gasteiger charge is -2.26. The third-order valence-corrected chi connectivity index (χ3v) is 3.61. The van der Waals surface area contributed by atoms with Gasteiger partial charge in [-0.3, -0.25) is 4.79 Å². The van der Waals surface area contributed by atoms with E-state index in [2.05, 4.69) is 10.6 Å². The molecule has 3 rings (SSSR count). The molecule has 0 spiro atoms. The first kappa shape index (κ1) is 12.3. The minimum Gasteiger partial charge on any atom is -0.486 e. The van der Waals surface area contributed by atoms with Gasteiger partial charge in [0.1, 0.15) is 13.2 Å². The van der Waals surface area contributed by atoms with Crippen LogP contribution in [0.1, 0.15) is 11.1 Å². The fourth-order valence-electron chi connectivity index (χ4n) is 2.22. The van der Waals surface area contributed by atoms with Crippen LogP contribution < -0.4 is 20.1 Å². The molecule has 1 saturated heterocycles. The molecular formula is C14H18N2O3. The van der Waals surface area contributed by atoms with Crippen molar-refractivity contribution >= 4 is 5.91 Å². The zero-order chi connectivity index (χ0) is 13.2. The Morgan fingerprint density at radius 3 is 2.63 bits per heavy atom. The Kier molecular flexibility index (Phi) is 3.29. The number of benzene rings is 1. The van der Waals surface area contributed by atoms with Gasteiger partial charge < -0.3 is 20.1 Å². The summed E-state index contributed by atoms with van der Waals surface area (Å²) in [6.45, 7) is 5.30. The fraction of sp³-hybridized carbons (Fsp3) is 0.500. The molecule has 0 aliphatic carbocycles. The van der Waals surface area contributed by atoms with E-state index < -0.39 is 0 Å². The van der Waals surface area contributed by atoms with Crippen LogP contribution in [0.3, 0.4) is 0 Å². The van der Waals surface area contributed by atoms with Crippen LogP contribution in [0.25, 0.3) is 0 Å². The van der Waals surface area contributed by atoms with Crippen LogP contribution in [0.2, 0.25) is 0 Å². The third-order valence-electron chi connectivity index (χ3n) is 3.61. The normalized spacial score (nSPS) is 17.7. The van der Waals surface area contributed by atoms with E-state index in [1.54, 1.807) is 0 Å². The zero-order valence-corrected chi connectivity index (χ0v) is 11.0. The average Bonchev–Trinajstić information content (AvgIpc) is 2.34. The molecule has 0 atom stereocenters. The minimum absolute atomic E-state index is 0.119. The topological polar surface area (TPSA) is 59.6 Å². The Bertz CT molecular complexity index is 498. The number of ether oxygens (including phenoxy) is 2. The third kappa shape index (κ3) is 2.51. The number of hydrogen-bond donors (Lipinski definition) is 2. The maximum Gasteiger partial charge on any atom is 0.225 e. The summed E-state index contributed by atoms with van der Waals surface area (Å²) in [4.78, 5) is 11.8. The molecule has 2 aliphatic heterocycles. The standard InChI is InChI=1S/C14H18N2O3/c1-9-4-12-13(19-3-2-18-12)5-10(9)8-16-14(17)11-6-15-7-11/h4-5,11,15H,2-3,6-8H2,1H3,(H,16,17). The molecule has 2 N–H and O–H groups in total. The van der Waals surface area contributed by atoms with Crippen LogP contribution in [0.5, 0.6) is 11.5 Å². The number of rotatable bonds is 3. The maximum atomic E-state index is 11.8. The Labute approximate surface area is 112 Å². The second kappa shape index (κ2) is 5.09. The second-order valence-corrected chi connectivity index (χ2v) is 5.00. The molecule has 1 amide bonds. The number of amides is 1. The number of nitrogens with one attached hydrogen (secondary N) is 2. The molecule has 0 bridgehead atoms. The molecule has 5 nitrogen and oxygen atoms in total. The Morgan fingerprint density at radius 2 is 2.00 bits per heavy atom. The van der Waals surface area contributed by atoms with Crippen molar-refractivity contribution in [2.75, 3.05) is 26.3 Å². The summed E-state index contributed by atoms with van der Waals surface area (Å²) >= 11 is 0. The van der Waals surface area contributed by atoms with Gasteiger partial charge in [-0.05, 0) is 30.2 Å². The summed E-state index contributed by atoms with van der Waals surface area (Å²) in [6.07, 6.45) is 0. The highest BCUT2D eigenvalue weighted by Gasteiger charge is 2.24. The number of aryl methyl sites for hydroxylation is 1. The maximum absolute atomic E-state index is 11.8. The van der Waals surface area contributed by atoms with Crippen LogP contribution in [0.15, 0.2) is 12.1 Å². The predicted octanol–water partition coefficient (Wildman–Crippen LogP) is 0.602. The highest BCUT2D eigenvalue weighted by Crippen LogP contribution is 2.32. The molecule has 102 valence electrons. The van der Waals surface area contributed by atoms with E-state index in [1.165, 1.54) is 0 Å². The molecule has 0 aromatic heterocycles. The van der Waals surface area contributed by atoms with Crippen molar-refractivity contribution in [3.8, 4) is 11.5 Å². The molecule has 0 saturated carbocycles. The van der Waals surface area contributed by atoms with Gasteiger partial charge in [-0.1, -0.05) is 0 Å². The summed E-state index contributed by atoms with van der Waals surface area (Å²) in [5.41, 5.74) is 2.18. The quantitative estimate of drug-likeness (QED) is 0.837. The number of carbonyl (C=O) groups excluding carboxylic acids is 1. The highest BCUT2D eigenvalue weighted by atomic mass is 16.6. The van der Waals surface area contributed by atoms with Gasteiger partial charge in [0.05, 0.1) is 5.92 Å². The van der Waals surface area contributed by atoms with Gasteiger partial charge in [-0.25, -0.2) is 0 Å². The van der Waals surface area contributed by atoms with Crippen LogP contribution in [0.4, 0.5) is 0 Å². The Hall–Kier alpha value is -1.75. The first-order valence-corrected chi connectivity index (χ1v) is 6.61. The van der Waals surface area contributed by atoms with Gasteiger partial charge in [0.15, 0.2) is 11.5 Å². The van der Waals surface area contributed by atoms with Gasteiger partial charge in [0.25, 0.3) is 0 Å². The Balaban J connectivity index is 1.68. The molecule has 0 radical (unpaired) electrons. The summed E-state index contributed by atoms with van der Waals surface area (Å²) in [5.74, 6) is 1.80. The van der Waals surface area contributed by atoms with E-state index in [4.69, 9.17) is 9.47 Å². The lowest BCUT2D eigenvalue weighted by molar-refractivity contribution is -0.126. The van der Waals surface area contributed by atoms with E-state index in [0.717, 1.165) is 35.7 Å². The smallest absolute Gasteiger partial charge is 0.225 e. The van der Waals surface area contributed by atoms with Crippen molar-refractivity contribution in [3.05, 3.63) is 23.3 Å². The van der Waals surface area contributed by atoms with E-state index in [-0.39, 0.29) is 11.8 Å². The molecule has 1 aromatic rings. The first-order chi connectivity index (χ1) is 9.24. The lowest BCUT2D eigenvalue weighted by Crippen LogP contribution is -2.50. The summed E-state index contributed by atoms with van der Waals surface area (Å²) in [7, 11) is 0. The molecule has 2 aliphatic rings. The van der Waals surface area contributed by atoms with Crippen molar-refractivity contribution in [3.63, 3.8) is 0 Å². The molecule has 5 heteroatoms. The first-order valence-electron chi connectivity index (χ1n) is 6.61. The second-order valence-electron chi connectivity index (χ2n) is 5.00. The molecule has 19 heavy (non-hydrogen) atoms. The van der Waals surface area contributed by atoms with Gasteiger partial charge >= 0.3 is 0 Å². The molecule has 2 heterocycles. The van der Waals surface area contributed by atoms with Gasteiger partial charge in [0.2, 0.25) is 5.91 Å². The number of fused-ring (bicyclic) bond motifs is 1. The zero-order valence-electron chi connectivity index (χ0n) is 11.0. The van der Waals surface area contributed by atoms with Crippen LogP contribution in [-0.2, 0) is 11.3 Å². The lowest BCUT2D eigenvalue weighted by atomic mass is 10.0. The average molecular weight is 262 g/mol. The minimum atomic E-state index is 0.119. The summed E-state index contributed by atoms with van der Waals surface area (Å²) in [6, 6.07) is 3.93. The SMILES string of the molecule is Cc1cc2c(cc1CNC(=O)C1CNC1)OCCO2. The van der Waals surface area contributed by atoms with Gasteiger partial charge in [0, 0.05) is 19.6 Å². The highest BCUT2D eigenvalue weighted by molar-refractivity contribution is 5.80. The number of carbonyl (C=O) groups is 1. The molecule has 1 aromatic carbocycles. The van der Waals surface area contributed by atoms with Crippen molar-refractivity contribution in [2.45, 2.75) is 13.5 Å². The van der Waals surface area contributed by atoms with Crippen LogP contribution in [0, 0.1) is 12.8 Å². The van der Waals surface area contributed by atoms with Gasteiger partial charge in [-0.2, -0.15) is 0 Å².